The van der Waals surface area contributed by atoms with Crippen molar-refractivity contribution >= 4 is 23.2 Å². The molecule has 0 spiro atoms. The van der Waals surface area contributed by atoms with Gasteiger partial charge in [0.05, 0.1) is 10.7 Å². The van der Waals surface area contributed by atoms with Gasteiger partial charge in [-0.2, -0.15) is 13.9 Å². The number of nitrogens with zero attached hydrogens (tertiary/aromatic N) is 2. The van der Waals surface area contributed by atoms with E-state index in [4.69, 9.17) is 11.6 Å². The molecule has 2 rings (SSSR count). The number of ether oxygens (including phenoxy) is 1. The van der Waals surface area contributed by atoms with Gasteiger partial charge in [-0.3, -0.25) is 9.48 Å². The Morgan fingerprint density at radius 1 is 1.43 bits per heavy atom. The summed E-state index contributed by atoms with van der Waals surface area (Å²) in [5.74, 6) is -0.155. The first-order chi connectivity index (χ1) is 10.8. The zero-order valence-corrected chi connectivity index (χ0v) is 13.4. The number of aromatic nitrogens is 2. The molecule has 1 N–H and O–H groups in total. The predicted octanol–water partition coefficient (Wildman–Crippen LogP) is 3.78. The van der Waals surface area contributed by atoms with Gasteiger partial charge in [-0.1, -0.05) is 11.6 Å². The molecule has 0 fully saturated rings. The third-order valence-electron chi connectivity index (χ3n) is 3.15. The van der Waals surface area contributed by atoms with Gasteiger partial charge in [0, 0.05) is 24.8 Å². The van der Waals surface area contributed by atoms with E-state index in [0.717, 1.165) is 0 Å². The van der Waals surface area contributed by atoms with Crippen molar-refractivity contribution in [3.8, 4) is 5.75 Å². The van der Waals surface area contributed by atoms with Crippen LogP contribution in [0.4, 0.5) is 14.5 Å². The molecule has 124 valence electrons. The molecule has 8 heteroatoms. The molecule has 23 heavy (non-hydrogen) atoms. The van der Waals surface area contributed by atoms with Gasteiger partial charge in [0.1, 0.15) is 5.75 Å². The van der Waals surface area contributed by atoms with Gasteiger partial charge in [0.25, 0.3) is 0 Å². The second kappa shape index (κ2) is 7.41. The third-order valence-corrected chi connectivity index (χ3v) is 3.52. The molecule has 0 saturated carbocycles. The number of hydrogen-bond donors (Lipinski definition) is 1. The first-order valence-electron chi connectivity index (χ1n) is 6.90. The van der Waals surface area contributed by atoms with Gasteiger partial charge >= 0.3 is 6.61 Å². The quantitative estimate of drug-likeness (QED) is 0.868. The van der Waals surface area contributed by atoms with Crippen LogP contribution in [0.5, 0.6) is 5.75 Å². The van der Waals surface area contributed by atoms with E-state index >= 15 is 0 Å². The first-order valence-corrected chi connectivity index (χ1v) is 7.28. The van der Waals surface area contributed by atoms with Crippen LogP contribution in [0.15, 0.2) is 24.4 Å². The zero-order valence-electron chi connectivity index (χ0n) is 12.6. The number of carbonyl (C=O) groups excluding carboxylic acids is 1. The van der Waals surface area contributed by atoms with Crippen LogP contribution in [-0.4, -0.2) is 22.3 Å². The molecule has 0 radical (unpaired) electrons. The molecule has 0 saturated heterocycles. The van der Waals surface area contributed by atoms with E-state index in [1.54, 1.807) is 24.7 Å². The molecule has 1 aromatic carbocycles. The zero-order chi connectivity index (χ0) is 17.0. The van der Waals surface area contributed by atoms with Crippen molar-refractivity contribution in [2.45, 2.75) is 33.4 Å². The van der Waals surface area contributed by atoms with E-state index in [1.165, 1.54) is 18.2 Å². The molecule has 1 amide bonds. The molecule has 5 nitrogen and oxygen atoms in total. The number of nitrogens with one attached hydrogen (secondary N) is 1. The molecule has 0 aliphatic rings. The van der Waals surface area contributed by atoms with E-state index in [9.17, 15) is 13.6 Å². The fraction of sp³-hybridized carbons (Fsp3) is 0.333. The molecular formula is C15H16ClF2N3O2. The molecule has 0 unspecified atom stereocenters. The van der Waals surface area contributed by atoms with Crippen molar-refractivity contribution in [2.75, 3.05) is 5.32 Å². The van der Waals surface area contributed by atoms with Crippen LogP contribution in [0.25, 0.3) is 0 Å². The minimum atomic E-state index is -2.88. The summed E-state index contributed by atoms with van der Waals surface area (Å²) in [5.41, 5.74) is 1.89. The fourth-order valence-electron chi connectivity index (χ4n) is 1.99. The minimum absolute atomic E-state index is 0.0529. The van der Waals surface area contributed by atoms with Crippen LogP contribution >= 0.6 is 11.6 Å². The van der Waals surface area contributed by atoms with E-state index in [0.29, 0.717) is 28.5 Å². The largest absolute Gasteiger partial charge is 0.435 e. The summed E-state index contributed by atoms with van der Waals surface area (Å²) in [6.45, 7) is 1.00. The standard InChI is InChI=1S/C15H16ClF2N3O2/c1-9-7-11(23-15(17)18)3-4-13(9)19-14(22)5-6-21-8-12(16)10(2)20-21/h3-4,7-8,15H,5-6H2,1-2H3,(H,19,22). The number of benzene rings is 1. The lowest BCUT2D eigenvalue weighted by molar-refractivity contribution is -0.116. The Bertz CT molecular complexity index is 685. The maximum Gasteiger partial charge on any atom is 0.387 e. The average Bonchev–Trinajstić information content (AvgIpc) is 2.78. The van der Waals surface area contributed by atoms with Crippen molar-refractivity contribution in [2.24, 2.45) is 0 Å². The van der Waals surface area contributed by atoms with Gasteiger partial charge in [0.15, 0.2) is 0 Å². The van der Waals surface area contributed by atoms with E-state index in [2.05, 4.69) is 15.2 Å². The van der Waals surface area contributed by atoms with Crippen LogP contribution in [0.3, 0.4) is 0 Å². The summed E-state index contributed by atoms with van der Waals surface area (Å²) < 4.78 is 30.2. The number of carbonyl (C=O) groups is 1. The second-order valence-electron chi connectivity index (χ2n) is 4.98. The molecule has 0 aliphatic carbocycles. The highest BCUT2D eigenvalue weighted by Crippen LogP contribution is 2.23. The Morgan fingerprint density at radius 2 is 2.17 bits per heavy atom. The molecule has 1 heterocycles. The Kier molecular flexibility index (Phi) is 5.54. The maximum absolute atomic E-state index is 12.1. The number of alkyl halides is 2. The topological polar surface area (TPSA) is 56.1 Å². The Morgan fingerprint density at radius 3 is 2.74 bits per heavy atom. The van der Waals surface area contributed by atoms with Crippen molar-refractivity contribution in [1.29, 1.82) is 0 Å². The third kappa shape index (κ3) is 4.92. The smallest absolute Gasteiger partial charge is 0.387 e. The number of halogens is 3. The summed E-state index contributed by atoms with van der Waals surface area (Å²) >= 11 is 5.90. The summed E-state index contributed by atoms with van der Waals surface area (Å²) in [5, 5.41) is 7.44. The molecule has 1 aromatic heterocycles. The van der Waals surface area contributed by atoms with Gasteiger partial charge < -0.3 is 10.1 Å². The van der Waals surface area contributed by atoms with Crippen LogP contribution in [0.2, 0.25) is 5.02 Å². The predicted molar refractivity (Wildman–Crippen MR) is 83.0 cm³/mol. The number of aryl methyl sites for hydroxylation is 3. The van der Waals surface area contributed by atoms with Gasteiger partial charge in [-0.25, -0.2) is 0 Å². The summed E-state index contributed by atoms with van der Waals surface area (Å²) in [4.78, 5) is 12.0. The van der Waals surface area contributed by atoms with E-state index in [-0.39, 0.29) is 18.1 Å². The minimum Gasteiger partial charge on any atom is -0.435 e. The fourth-order valence-corrected chi connectivity index (χ4v) is 2.14. The lowest BCUT2D eigenvalue weighted by Crippen LogP contribution is -2.15. The molecule has 2 aromatic rings. The summed E-state index contributed by atoms with van der Waals surface area (Å²) in [7, 11) is 0. The molecule has 0 bridgehead atoms. The number of rotatable bonds is 6. The monoisotopic (exact) mass is 343 g/mol. The van der Waals surface area contributed by atoms with Crippen LogP contribution < -0.4 is 10.1 Å². The van der Waals surface area contributed by atoms with E-state index < -0.39 is 6.61 Å². The summed E-state index contributed by atoms with van der Waals surface area (Å²) in [6, 6.07) is 4.35. The van der Waals surface area contributed by atoms with Crippen molar-refractivity contribution in [3.05, 3.63) is 40.7 Å². The Hall–Kier alpha value is -2.15. The van der Waals surface area contributed by atoms with Crippen molar-refractivity contribution in [3.63, 3.8) is 0 Å². The first kappa shape index (κ1) is 17.2. The SMILES string of the molecule is Cc1cc(OC(F)F)ccc1NC(=O)CCn1cc(Cl)c(C)n1. The number of anilines is 1. The van der Waals surface area contributed by atoms with Gasteiger partial charge in [0.2, 0.25) is 5.91 Å². The van der Waals surface area contributed by atoms with Crippen LogP contribution in [-0.2, 0) is 11.3 Å². The lowest BCUT2D eigenvalue weighted by Gasteiger charge is -2.11. The normalized spacial score (nSPS) is 10.9. The summed E-state index contributed by atoms with van der Waals surface area (Å²) in [6.07, 6.45) is 1.87. The second-order valence-corrected chi connectivity index (χ2v) is 5.39. The van der Waals surface area contributed by atoms with Crippen LogP contribution in [0, 0.1) is 13.8 Å². The van der Waals surface area contributed by atoms with Gasteiger partial charge in [-0.15, -0.1) is 0 Å². The molecule has 0 atom stereocenters. The molecular weight excluding hydrogens is 328 g/mol. The van der Waals surface area contributed by atoms with E-state index in [1.807, 2.05) is 0 Å². The lowest BCUT2D eigenvalue weighted by atomic mass is 10.2. The highest BCUT2D eigenvalue weighted by atomic mass is 35.5. The molecule has 0 aliphatic heterocycles. The Labute approximate surface area is 137 Å². The van der Waals surface area contributed by atoms with Crippen LogP contribution in [0.1, 0.15) is 17.7 Å². The Balaban J connectivity index is 1.92. The van der Waals surface area contributed by atoms with Crippen molar-refractivity contribution in [1.82, 2.24) is 9.78 Å². The van der Waals surface area contributed by atoms with Gasteiger partial charge in [-0.05, 0) is 37.6 Å². The number of amides is 1. The number of hydrogen-bond acceptors (Lipinski definition) is 3. The maximum atomic E-state index is 12.1. The highest BCUT2D eigenvalue weighted by Gasteiger charge is 2.09. The average molecular weight is 344 g/mol. The van der Waals surface area contributed by atoms with Crippen molar-refractivity contribution < 1.29 is 18.3 Å². The highest BCUT2D eigenvalue weighted by molar-refractivity contribution is 6.31.